The Morgan fingerprint density at radius 1 is 1.53 bits per heavy atom. The minimum Gasteiger partial charge on any atom is -0.433 e. The van der Waals surface area contributed by atoms with Gasteiger partial charge < -0.3 is 10.1 Å². The Morgan fingerprint density at radius 3 is 2.87 bits per heavy atom. The van der Waals surface area contributed by atoms with Crippen molar-refractivity contribution in [1.29, 1.82) is 0 Å². The zero-order valence-corrected chi connectivity index (χ0v) is 8.17. The molecule has 0 saturated heterocycles. The average molecular weight is 215 g/mol. The van der Waals surface area contributed by atoms with E-state index in [0.717, 1.165) is 0 Å². The van der Waals surface area contributed by atoms with Gasteiger partial charge in [-0.15, -0.1) is 0 Å². The van der Waals surface area contributed by atoms with E-state index in [4.69, 9.17) is 0 Å². The number of nitrogens with one attached hydrogen (secondary N) is 1. The van der Waals surface area contributed by atoms with Crippen molar-refractivity contribution in [2.75, 3.05) is 0 Å². The second-order valence-corrected chi connectivity index (χ2v) is 3.06. The first kappa shape index (κ1) is 11.4. The largest absolute Gasteiger partial charge is 0.433 e. The van der Waals surface area contributed by atoms with Gasteiger partial charge >= 0.3 is 6.11 Å². The summed E-state index contributed by atoms with van der Waals surface area (Å²) in [7, 11) is 0. The average Bonchev–Trinajstić information content (AvgIpc) is 2.12. The topological polar surface area (TPSA) is 38.3 Å². The summed E-state index contributed by atoms with van der Waals surface area (Å²) in [5.41, 5.74) is 0.698. The van der Waals surface area contributed by atoms with E-state index in [0.29, 0.717) is 18.9 Å². The van der Waals surface area contributed by atoms with Gasteiger partial charge in [0, 0.05) is 13.5 Å². The van der Waals surface area contributed by atoms with Crippen LogP contribution < -0.4 is 10.1 Å². The van der Waals surface area contributed by atoms with Crippen molar-refractivity contribution in [3.63, 3.8) is 0 Å². The summed E-state index contributed by atoms with van der Waals surface area (Å²) in [4.78, 5) is 10.0. The third-order valence-electron chi connectivity index (χ3n) is 1.59. The highest BCUT2D eigenvalue weighted by molar-refractivity contribution is 5.46. The molecule has 0 bridgehead atoms. The smallest absolute Gasteiger partial charge is 0.394 e. The van der Waals surface area contributed by atoms with Crippen molar-refractivity contribution in [3.05, 3.63) is 29.8 Å². The molecule has 0 fully saturated rings. The highest BCUT2D eigenvalue weighted by atomic mass is 19.3. The predicted molar refractivity (Wildman–Crippen MR) is 50.6 cm³/mol. The van der Waals surface area contributed by atoms with Gasteiger partial charge in [0.05, 0.1) is 0 Å². The third-order valence-corrected chi connectivity index (χ3v) is 1.59. The van der Waals surface area contributed by atoms with Gasteiger partial charge in [0.2, 0.25) is 6.41 Å². The summed E-state index contributed by atoms with van der Waals surface area (Å²) < 4.78 is 29.4. The van der Waals surface area contributed by atoms with Crippen LogP contribution in [0.3, 0.4) is 0 Å². The molecule has 0 aromatic heterocycles. The van der Waals surface area contributed by atoms with E-state index in [1.807, 2.05) is 0 Å². The molecule has 1 N–H and O–H groups in total. The highest BCUT2D eigenvalue weighted by Crippen LogP contribution is 2.21. The van der Waals surface area contributed by atoms with Crippen LogP contribution in [0.1, 0.15) is 12.5 Å². The van der Waals surface area contributed by atoms with E-state index in [-0.39, 0.29) is 12.3 Å². The summed E-state index contributed by atoms with van der Waals surface area (Å²) in [6.45, 7) is 0.958. The zero-order valence-electron chi connectivity index (χ0n) is 8.17. The molecule has 0 aliphatic carbocycles. The van der Waals surface area contributed by atoms with Crippen molar-refractivity contribution in [3.8, 4) is 5.75 Å². The Kier molecular flexibility index (Phi) is 3.60. The zero-order chi connectivity index (χ0) is 11.3. The number of hydrogen-bond acceptors (Lipinski definition) is 2. The number of hydrogen-bond donors (Lipinski definition) is 1. The predicted octanol–water partition coefficient (Wildman–Crippen LogP) is 1.92. The van der Waals surface area contributed by atoms with Gasteiger partial charge in [-0.05, 0) is 17.7 Å². The van der Waals surface area contributed by atoms with Crippen molar-refractivity contribution in [2.45, 2.75) is 19.6 Å². The monoisotopic (exact) mass is 215 g/mol. The minimum atomic E-state index is -3.20. The van der Waals surface area contributed by atoms with E-state index in [2.05, 4.69) is 10.1 Å². The van der Waals surface area contributed by atoms with Gasteiger partial charge in [-0.1, -0.05) is 12.1 Å². The minimum absolute atomic E-state index is 0.0766. The van der Waals surface area contributed by atoms with E-state index in [9.17, 15) is 13.6 Å². The van der Waals surface area contributed by atoms with Crippen LogP contribution in [0.2, 0.25) is 0 Å². The van der Waals surface area contributed by atoms with E-state index in [1.54, 1.807) is 12.1 Å². The second kappa shape index (κ2) is 4.72. The standard InChI is InChI=1S/C10H11F2NO2/c1-10(11,12)15-9-4-2-3-8(5-9)6-13-7-14/h2-5,7H,6H2,1H3,(H,13,14). The van der Waals surface area contributed by atoms with Crippen LogP contribution in [0.25, 0.3) is 0 Å². The Hall–Kier alpha value is -1.65. The van der Waals surface area contributed by atoms with Gasteiger partial charge in [0.15, 0.2) is 0 Å². The first-order valence-corrected chi connectivity index (χ1v) is 4.34. The van der Waals surface area contributed by atoms with Crippen molar-refractivity contribution in [1.82, 2.24) is 5.32 Å². The molecule has 0 atom stereocenters. The number of carbonyl (C=O) groups is 1. The van der Waals surface area contributed by atoms with Crippen LogP contribution in [0.4, 0.5) is 8.78 Å². The Labute approximate surface area is 86.0 Å². The summed E-state index contributed by atoms with van der Waals surface area (Å²) >= 11 is 0. The number of carbonyl (C=O) groups excluding carboxylic acids is 1. The molecule has 0 radical (unpaired) electrons. The number of ether oxygens (including phenoxy) is 1. The summed E-state index contributed by atoms with van der Waals surface area (Å²) in [6.07, 6.45) is -2.65. The van der Waals surface area contributed by atoms with E-state index < -0.39 is 6.11 Å². The lowest BCUT2D eigenvalue weighted by Crippen LogP contribution is -2.19. The van der Waals surface area contributed by atoms with Crippen LogP contribution in [0.15, 0.2) is 24.3 Å². The second-order valence-electron chi connectivity index (χ2n) is 3.06. The maximum absolute atomic E-state index is 12.5. The van der Waals surface area contributed by atoms with E-state index >= 15 is 0 Å². The number of rotatable bonds is 5. The van der Waals surface area contributed by atoms with Crippen molar-refractivity contribution < 1.29 is 18.3 Å². The van der Waals surface area contributed by atoms with Gasteiger partial charge in [-0.25, -0.2) is 0 Å². The quantitative estimate of drug-likeness (QED) is 0.762. The van der Waals surface area contributed by atoms with Crippen LogP contribution in [0, 0.1) is 0 Å². The molecule has 82 valence electrons. The molecule has 3 nitrogen and oxygen atoms in total. The normalized spacial score (nSPS) is 10.9. The molecule has 0 aliphatic heterocycles. The fraction of sp³-hybridized carbons (Fsp3) is 0.300. The van der Waals surface area contributed by atoms with Crippen LogP contribution in [0.5, 0.6) is 5.75 Å². The molecule has 0 aliphatic rings. The summed E-state index contributed by atoms with van der Waals surface area (Å²) in [6, 6.07) is 6.18. The first-order chi connectivity index (χ1) is 7.01. The number of alkyl halides is 2. The Morgan fingerprint density at radius 2 is 2.27 bits per heavy atom. The van der Waals surface area contributed by atoms with Gasteiger partial charge in [-0.3, -0.25) is 4.79 Å². The molecule has 0 spiro atoms. The SMILES string of the molecule is CC(F)(F)Oc1cccc(CNC=O)c1. The molecule has 1 aromatic rings. The summed E-state index contributed by atoms with van der Waals surface area (Å²) in [5.74, 6) is 0.0766. The molecule has 1 rings (SSSR count). The van der Waals surface area contributed by atoms with Gasteiger partial charge in [-0.2, -0.15) is 8.78 Å². The Bertz CT molecular complexity index is 336. The molecule has 0 heterocycles. The highest BCUT2D eigenvalue weighted by Gasteiger charge is 2.22. The molecular weight excluding hydrogens is 204 g/mol. The van der Waals surface area contributed by atoms with Crippen LogP contribution in [-0.4, -0.2) is 12.5 Å². The molecular formula is C10H11F2NO2. The van der Waals surface area contributed by atoms with Crippen molar-refractivity contribution >= 4 is 6.41 Å². The maximum atomic E-state index is 12.5. The number of halogens is 2. The maximum Gasteiger partial charge on any atom is 0.394 e. The molecule has 5 heteroatoms. The molecule has 1 aromatic carbocycles. The molecule has 0 saturated carbocycles. The Balaban J connectivity index is 2.69. The molecule has 0 unspecified atom stereocenters. The van der Waals surface area contributed by atoms with Crippen molar-refractivity contribution in [2.24, 2.45) is 0 Å². The van der Waals surface area contributed by atoms with Crippen LogP contribution >= 0.6 is 0 Å². The fourth-order valence-corrected chi connectivity index (χ4v) is 1.09. The first-order valence-electron chi connectivity index (χ1n) is 4.34. The fourth-order valence-electron chi connectivity index (χ4n) is 1.09. The lowest BCUT2D eigenvalue weighted by molar-refractivity contribution is -0.159. The number of benzene rings is 1. The molecule has 15 heavy (non-hydrogen) atoms. The third kappa shape index (κ3) is 4.39. The lowest BCUT2D eigenvalue weighted by Gasteiger charge is -2.13. The lowest BCUT2D eigenvalue weighted by atomic mass is 10.2. The van der Waals surface area contributed by atoms with E-state index in [1.165, 1.54) is 12.1 Å². The van der Waals surface area contributed by atoms with Gasteiger partial charge in [0.25, 0.3) is 0 Å². The van der Waals surface area contributed by atoms with Gasteiger partial charge in [0.1, 0.15) is 5.75 Å². The number of amides is 1. The van der Waals surface area contributed by atoms with Crippen LogP contribution in [-0.2, 0) is 11.3 Å². The summed E-state index contributed by atoms with van der Waals surface area (Å²) in [5, 5.41) is 2.43. The molecule has 1 amide bonds.